The Morgan fingerprint density at radius 2 is 1.76 bits per heavy atom. The van der Waals surface area contributed by atoms with Crippen LogP contribution in [0.15, 0.2) is 12.2 Å². The molecule has 0 aromatic carbocycles. The molecule has 1 N–H and O–H groups in total. The molecule has 0 radical (unpaired) electrons. The third-order valence-corrected chi connectivity index (χ3v) is 8.45. The largest absolute Gasteiger partial charge is 0.389 e. The fraction of sp³-hybridized carbons (Fsp3) is 0.875. The molecule has 90 valence electrons. The van der Waals surface area contributed by atoms with Gasteiger partial charge in [-0.05, 0) is 59.2 Å². The van der Waals surface area contributed by atoms with Gasteiger partial charge in [0.05, 0.1) is 6.10 Å². The fourth-order valence-corrected chi connectivity index (χ4v) is 8.52. The Balaban J connectivity index is 1.66. The zero-order valence-corrected chi connectivity index (χ0v) is 10.5. The summed E-state index contributed by atoms with van der Waals surface area (Å²) in [4.78, 5) is 0. The Morgan fingerprint density at radius 3 is 2.59 bits per heavy atom. The van der Waals surface area contributed by atoms with Crippen LogP contribution in [-0.4, -0.2) is 11.2 Å². The molecule has 2 spiro atoms. The van der Waals surface area contributed by atoms with Gasteiger partial charge in [0.15, 0.2) is 0 Å². The first-order chi connectivity index (χ1) is 8.16. The van der Waals surface area contributed by atoms with Crippen LogP contribution in [0.5, 0.6) is 0 Å². The minimum Gasteiger partial charge on any atom is -0.389 e. The third kappa shape index (κ3) is 0.514. The van der Waals surface area contributed by atoms with Crippen LogP contribution in [0.4, 0.5) is 0 Å². The molecule has 7 aliphatic carbocycles. The van der Waals surface area contributed by atoms with Crippen LogP contribution in [-0.2, 0) is 0 Å². The van der Waals surface area contributed by atoms with Gasteiger partial charge >= 0.3 is 0 Å². The predicted molar refractivity (Wildman–Crippen MR) is 63.9 cm³/mol. The lowest BCUT2D eigenvalue weighted by Gasteiger charge is -2.55. The van der Waals surface area contributed by atoms with Crippen molar-refractivity contribution >= 4 is 0 Å². The second kappa shape index (κ2) is 1.95. The van der Waals surface area contributed by atoms with Crippen molar-refractivity contribution in [1.29, 1.82) is 0 Å². The summed E-state index contributed by atoms with van der Waals surface area (Å²) in [6, 6.07) is 0. The Kier molecular flexibility index (Phi) is 1.00. The van der Waals surface area contributed by atoms with E-state index >= 15 is 0 Å². The first-order valence-electron chi connectivity index (χ1n) is 7.53. The lowest BCUT2D eigenvalue weighted by Crippen LogP contribution is -2.52. The quantitative estimate of drug-likeness (QED) is 0.631. The van der Waals surface area contributed by atoms with Crippen LogP contribution in [0.25, 0.3) is 0 Å². The average molecular weight is 228 g/mol. The van der Waals surface area contributed by atoms with E-state index in [2.05, 4.69) is 26.0 Å². The molecule has 0 aliphatic heterocycles. The molecule has 1 nitrogen and oxygen atoms in total. The molecule has 11 atom stereocenters. The molecular weight excluding hydrogens is 208 g/mol. The Morgan fingerprint density at radius 1 is 1.06 bits per heavy atom. The summed E-state index contributed by atoms with van der Waals surface area (Å²) >= 11 is 0. The summed E-state index contributed by atoms with van der Waals surface area (Å²) in [5, 5.41) is 10.1. The minimum atomic E-state index is -0.133. The van der Waals surface area contributed by atoms with Crippen molar-refractivity contribution in [2.45, 2.75) is 26.4 Å². The highest BCUT2D eigenvalue weighted by Gasteiger charge is 3.01. The maximum absolute atomic E-state index is 10.1. The van der Waals surface area contributed by atoms with Gasteiger partial charge in [0, 0.05) is 5.41 Å². The van der Waals surface area contributed by atoms with Gasteiger partial charge < -0.3 is 5.11 Å². The van der Waals surface area contributed by atoms with E-state index in [9.17, 15) is 5.11 Å². The van der Waals surface area contributed by atoms with E-state index < -0.39 is 0 Å². The molecule has 0 saturated heterocycles. The summed E-state index contributed by atoms with van der Waals surface area (Å²) < 4.78 is 0. The van der Waals surface area contributed by atoms with E-state index in [0.29, 0.717) is 10.8 Å². The highest BCUT2D eigenvalue weighted by molar-refractivity contribution is 5.52. The van der Waals surface area contributed by atoms with E-state index in [-0.39, 0.29) is 6.10 Å². The average Bonchev–Trinajstić information content (AvgIpc) is 3.07. The van der Waals surface area contributed by atoms with Gasteiger partial charge in [-0.25, -0.2) is 0 Å². The van der Waals surface area contributed by atoms with Crippen molar-refractivity contribution in [3.8, 4) is 0 Å². The topological polar surface area (TPSA) is 20.2 Å². The summed E-state index contributed by atoms with van der Waals surface area (Å²) in [6.45, 7) is 5.03. The van der Waals surface area contributed by atoms with Gasteiger partial charge in [0.1, 0.15) is 0 Å². The van der Waals surface area contributed by atoms with Crippen molar-refractivity contribution in [2.24, 2.45) is 58.2 Å². The zero-order valence-electron chi connectivity index (χ0n) is 10.5. The van der Waals surface area contributed by atoms with E-state index in [4.69, 9.17) is 0 Å². The van der Waals surface area contributed by atoms with Crippen molar-refractivity contribution in [1.82, 2.24) is 0 Å². The Hall–Kier alpha value is -0.300. The number of hydrogen-bond donors (Lipinski definition) is 1. The Bertz CT molecular complexity index is 496. The van der Waals surface area contributed by atoms with Crippen molar-refractivity contribution in [2.75, 3.05) is 0 Å². The molecule has 0 aromatic heterocycles. The maximum atomic E-state index is 10.1. The molecule has 0 unspecified atom stereocenters. The number of fused-ring (bicyclic) bond motifs is 1. The lowest BCUT2D eigenvalue weighted by molar-refractivity contribution is -0.0704. The Labute approximate surface area is 102 Å². The number of rotatable bonds is 0. The molecule has 0 amide bonds. The smallest absolute Gasteiger partial charge is 0.0726 e. The van der Waals surface area contributed by atoms with Gasteiger partial charge in [-0.15, -0.1) is 0 Å². The van der Waals surface area contributed by atoms with Crippen LogP contribution < -0.4 is 0 Å². The van der Waals surface area contributed by atoms with Gasteiger partial charge in [-0.2, -0.15) is 0 Å². The van der Waals surface area contributed by atoms with Crippen molar-refractivity contribution in [3.63, 3.8) is 0 Å². The molecule has 1 heteroatoms. The third-order valence-electron chi connectivity index (χ3n) is 8.45. The number of allylic oxidation sites excluding steroid dienone is 1. The number of aliphatic hydroxyl groups excluding tert-OH is 1. The normalized spacial score (nSPS) is 83.6. The summed E-state index contributed by atoms with van der Waals surface area (Å²) in [5.41, 5.74) is 1.18. The zero-order chi connectivity index (χ0) is 11.3. The predicted octanol–water partition coefficient (Wildman–Crippen LogP) is 2.32. The first kappa shape index (κ1) is 8.74. The van der Waals surface area contributed by atoms with E-state index in [1.807, 2.05) is 0 Å². The second-order valence-electron chi connectivity index (χ2n) is 8.08. The lowest BCUT2D eigenvalue weighted by atomic mass is 9.49. The monoisotopic (exact) mass is 228 g/mol. The van der Waals surface area contributed by atoms with Gasteiger partial charge in [0.25, 0.3) is 0 Å². The van der Waals surface area contributed by atoms with E-state index in [0.717, 1.165) is 53.8 Å². The van der Waals surface area contributed by atoms with Crippen LogP contribution >= 0.6 is 0 Å². The molecule has 7 rings (SSSR count). The second-order valence-corrected chi connectivity index (χ2v) is 8.08. The summed E-state index contributed by atoms with van der Waals surface area (Å²) in [7, 11) is 0. The standard InChI is InChI=1S/C16H20O/c1-6-7(2)13-10-9-11(10)14-15(12(6)9)4-3-8(17)5-16(13,14)15/h3-4,6-14,17H,5H2,1-2H3/t6-,7+,8+,9-,10-,11+,12+,13+,14-,15-,16+/m1/s1. The molecule has 7 aliphatic rings. The van der Waals surface area contributed by atoms with Gasteiger partial charge in [0.2, 0.25) is 0 Å². The first-order valence-corrected chi connectivity index (χ1v) is 7.53. The van der Waals surface area contributed by atoms with Crippen LogP contribution in [0.1, 0.15) is 20.3 Å². The van der Waals surface area contributed by atoms with Crippen molar-refractivity contribution < 1.29 is 5.11 Å². The fourth-order valence-electron chi connectivity index (χ4n) is 8.52. The van der Waals surface area contributed by atoms with E-state index in [1.54, 1.807) is 0 Å². The van der Waals surface area contributed by atoms with Gasteiger partial charge in [-0.1, -0.05) is 26.0 Å². The highest BCUT2D eigenvalue weighted by Crippen LogP contribution is 3.04. The van der Waals surface area contributed by atoms with Crippen molar-refractivity contribution in [3.05, 3.63) is 12.2 Å². The van der Waals surface area contributed by atoms with Gasteiger partial charge in [-0.3, -0.25) is 0 Å². The molecular formula is C16H20O. The summed E-state index contributed by atoms with van der Waals surface area (Å²) in [6.07, 6.45) is 5.60. The number of hydrogen-bond acceptors (Lipinski definition) is 1. The molecule has 2 bridgehead atoms. The summed E-state index contributed by atoms with van der Waals surface area (Å²) in [5.74, 6) is 8.12. The SMILES string of the molecule is C[C@@H]1[C@H](C)[C@H]2[C@@H]3[C@@H]4[C@@H]3[C@@H]3[C@@]5(C=C[C@H](O)C[C@]235)[C@@H]14. The molecule has 0 aromatic rings. The van der Waals surface area contributed by atoms with Crippen LogP contribution in [0.3, 0.4) is 0 Å². The molecule has 0 heterocycles. The minimum absolute atomic E-state index is 0.133. The molecule has 6 fully saturated rings. The maximum Gasteiger partial charge on any atom is 0.0726 e. The van der Waals surface area contributed by atoms with E-state index in [1.165, 1.54) is 0 Å². The van der Waals surface area contributed by atoms with Crippen LogP contribution in [0, 0.1) is 58.2 Å². The number of aliphatic hydroxyl groups is 1. The highest BCUT2D eigenvalue weighted by atomic mass is 16.3. The van der Waals surface area contributed by atoms with Crippen LogP contribution in [0.2, 0.25) is 0 Å². The molecule has 6 saturated carbocycles. The molecule has 17 heavy (non-hydrogen) atoms.